The van der Waals surface area contributed by atoms with Gasteiger partial charge in [-0.1, -0.05) is 32.0 Å². The molecule has 3 rings (SSSR count). The highest BCUT2D eigenvalue weighted by atomic mass is 16.2. The Labute approximate surface area is 167 Å². The molecule has 0 radical (unpaired) electrons. The van der Waals surface area contributed by atoms with Crippen molar-refractivity contribution in [2.24, 2.45) is 0 Å². The van der Waals surface area contributed by atoms with Gasteiger partial charge in [-0.2, -0.15) is 0 Å². The first-order chi connectivity index (χ1) is 13.4. The number of carbonyl (C=O) groups is 2. The Morgan fingerprint density at radius 3 is 1.86 bits per heavy atom. The van der Waals surface area contributed by atoms with Gasteiger partial charge in [0.2, 0.25) is 0 Å². The monoisotopic (exact) mass is 379 g/mol. The van der Waals surface area contributed by atoms with E-state index in [1.807, 2.05) is 77.3 Å². The van der Waals surface area contributed by atoms with E-state index in [0.717, 1.165) is 5.69 Å². The quantitative estimate of drug-likeness (QED) is 0.817. The average Bonchev–Trinajstić information content (AvgIpc) is 2.73. The minimum atomic E-state index is 0.0251. The zero-order chi connectivity index (χ0) is 20.3. The maximum absolute atomic E-state index is 12.8. The Morgan fingerprint density at radius 2 is 1.36 bits per heavy atom. The maximum Gasteiger partial charge on any atom is 0.254 e. The lowest BCUT2D eigenvalue weighted by Crippen LogP contribution is -2.50. The standard InChI is InChI=1S/C23H29N3O2/c1-17(2)18-8-10-19(11-9-18)22(27)25-12-14-26(15-13-25)23(28)20-6-5-7-21(16-20)24(3)4/h5-11,16-17H,12-15H2,1-4H3. The van der Waals surface area contributed by atoms with Crippen molar-refractivity contribution in [3.8, 4) is 0 Å². The Hall–Kier alpha value is -2.82. The maximum atomic E-state index is 12.8. The van der Waals surface area contributed by atoms with E-state index in [9.17, 15) is 9.59 Å². The summed E-state index contributed by atoms with van der Waals surface area (Å²) in [5.74, 6) is 0.513. The molecule has 1 aliphatic heterocycles. The van der Waals surface area contributed by atoms with Gasteiger partial charge in [-0.05, 0) is 41.8 Å². The largest absolute Gasteiger partial charge is 0.378 e. The van der Waals surface area contributed by atoms with Gasteiger partial charge in [-0.3, -0.25) is 9.59 Å². The third-order valence-corrected chi connectivity index (χ3v) is 5.29. The second-order valence-corrected chi connectivity index (χ2v) is 7.81. The van der Waals surface area contributed by atoms with Gasteiger partial charge >= 0.3 is 0 Å². The van der Waals surface area contributed by atoms with Crippen molar-refractivity contribution in [2.45, 2.75) is 19.8 Å². The number of hydrogen-bond acceptors (Lipinski definition) is 3. The van der Waals surface area contributed by atoms with Crippen LogP contribution in [0.25, 0.3) is 0 Å². The average molecular weight is 380 g/mol. The Morgan fingerprint density at radius 1 is 0.821 bits per heavy atom. The SMILES string of the molecule is CC(C)c1ccc(C(=O)N2CCN(C(=O)c3cccc(N(C)C)c3)CC2)cc1. The third kappa shape index (κ3) is 4.35. The highest BCUT2D eigenvalue weighted by Crippen LogP contribution is 2.18. The van der Waals surface area contributed by atoms with Crippen LogP contribution in [0.4, 0.5) is 5.69 Å². The van der Waals surface area contributed by atoms with Gasteiger partial charge in [-0.25, -0.2) is 0 Å². The van der Waals surface area contributed by atoms with Gasteiger partial charge in [-0.15, -0.1) is 0 Å². The Bertz CT molecular complexity index is 835. The second-order valence-electron chi connectivity index (χ2n) is 7.81. The predicted molar refractivity (Wildman–Crippen MR) is 113 cm³/mol. The number of rotatable bonds is 4. The van der Waals surface area contributed by atoms with Crippen molar-refractivity contribution in [3.05, 3.63) is 65.2 Å². The van der Waals surface area contributed by atoms with Crippen molar-refractivity contribution < 1.29 is 9.59 Å². The number of amides is 2. The molecule has 5 nitrogen and oxygen atoms in total. The van der Waals surface area contributed by atoms with Gasteiger partial charge in [0.05, 0.1) is 0 Å². The summed E-state index contributed by atoms with van der Waals surface area (Å²) in [5.41, 5.74) is 3.63. The van der Waals surface area contributed by atoms with Gasteiger partial charge in [0.25, 0.3) is 11.8 Å². The molecule has 0 aromatic heterocycles. The summed E-state index contributed by atoms with van der Waals surface area (Å²) in [6.07, 6.45) is 0. The number of hydrogen-bond donors (Lipinski definition) is 0. The summed E-state index contributed by atoms with van der Waals surface area (Å²) in [6.45, 7) is 6.51. The molecule has 0 aliphatic carbocycles. The van der Waals surface area contributed by atoms with Crippen LogP contribution in [0, 0.1) is 0 Å². The topological polar surface area (TPSA) is 43.9 Å². The highest BCUT2D eigenvalue weighted by Gasteiger charge is 2.25. The van der Waals surface area contributed by atoms with E-state index in [1.54, 1.807) is 0 Å². The van der Waals surface area contributed by atoms with Crippen LogP contribution in [0.15, 0.2) is 48.5 Å². The van der Waals surface area contributed by atoms with Gasteiger partial charge in [0, 0.05) is 57.1 Å². The summed E-state index contributed by atoms with van der Waals surface area (Å²) in [5, 5.41) is 0. The summed E-state index contributed by atoms with van der Waals surface area (Å²) in [4.78, 5) is 31.2. The molecule has 0 saturated carbocycles. The number of piperazine rings is 1. The van der Waals surface area contributed by atoms with Crippen LogP contribution in [-0.2, 0) is 0 Å². The molecule has 1 fully saturated rings. The number of carbonyl (C=O) groups excluding carboxylic acids is 2. The molecule has 0 spiro atoms. The Kier molecular flexibility index (Phi) is 6.02. The fraction of sp³-hybridized carbons (Fsp3) is 0.391. The van der Waals surface area contributed by atoms with E-state index in [1.165, 1.54) is 5.56 Å². The molecule has 1 saturated heterocycles. The van der Waals surface area contributed by atoms with Crippen molar-refractivity contribution >= 4 is 17.5 Å². The number of anilines is 1. The second kappa shape index (κ2) is 8.46. The van der Waals surface area contributed by atoms with Crippen LogP contribution in [-0.4, -0.2) is 61.9 Å². The summed E-state index contributed by atoms with van der Waals surface area (Å²) < 4.78 is 0. The number of nitrogens with zero attached hydrogens (tertiary/aromatic N) is 3. The van der Waals surface area contributed by atoms with E-state index in [2.05, 4.69) is 13.8 Å². The van der Waals surface area contributed by atoms with E-state index < -0.39 is 0 Å². The lowest BCUT2D eigenvalue weighted by molar-refractivity contribution is 0.0535. The van der Waals surface area contributed by atoms with Gasteiger partial charge in [0.15, 0.2) is 0 Å². The first-order valence-corrected chi connectivity index (χ1v) is 9.82. The normalized spacial score (nSPS) is 14.3. The Balaban J connectivity index is 1.61. The van der Waals surface area contributed by atoms with E-state index >= 15 is 0 Å². The fourth-order valence-electron chi connectivity index (χ4n) is 3.41. The van der Waals surface area contributed by atoms with E-state index in [0.29, 0.717) is 43.2 Å². The molecule has 1 aliphatic rings. The molecule has 0 unspecified atom stereocenters. The molecular formula is C23H29N3O2. The summed E-state index contributed by atoms with van der Waals surface area (Å²) >= 11 is 0. The van der Waals surface area contributed by atoms with Crippen LogP contribution in [0.5, 0.6) is 0 Å². The summed E-state index contributed by atoms with van der Waals surface area (Å²) in [6, 6.07) is 15.5. The smallest absolute Gasteiger partial charge is 0.254 e. The zero-order valence-electron chi connectivity index (χ0n) is 17.2. The van der Waals surface area contributed by atoms with Crippen LogP contribution in [0.2, 0.25) is 0 Å². The van der Waals surface area contributed by atoms with Crippen molar-refractivity contribution in [1.29, 1.82) is 0 Å². The molecular weight excluding hydrogens is 350 g/mol. The van der Waals surface area contributed by atoms with E-state index in [-0.39, 0.29) is 11.8 Å². The highest BCUT2D eigenvalue weighted by molar-refractivity contribution is 5.96. The van der Waals surface area contributed by atoms with Crippen molar-refractivity contribution in [2.75, 3.05) is 45.2 Å². The first-order valence-electron chi connectivity index (χ1n) is 9.82. The molecule has 0 N–H and O–H groups in total. The molecule has 2 aromatic rings. The predicted octanol–water partition coefficient (Wildman–Crippen LogP) is 3.47. The lowest BCUT2D eigenvalue weighted by Gasteiger charge is -2.35. The molecule has 0 atom stereocenters. The van der Waals surface area contributed by atoms with Crippen LogP contribution in [0.3, 0.4) is 0 Å². The molecule has 5 heteroatoms. The van der Waals surface area contributed by atoms with Crippen LogP contribution in [0.1, 0.15) is 46.0 Å². The lowest BCUT2D eigenvalue weighted by atomic mass is 10.0. The van der Waals surface area contributed by atoms with E-state index in [4.69, 9.17) is 0 Å². The molecule has 28 heavy (non-hydrogen) atoms. The van der Waals surface area contributed by atoms with Crippen molar-refractivity contribution in [3.63, 3.8) is 0 Å². The minimum Gasteiger partial charge on any atom is -0.378 e. The first kappa shape index (κ1) is 19.9. The molecule has 148 valence electrons. The van der Waals surface area contributed by atoms with Crippen LogP contribution < -0.4 is 4.90 Å². The minimum absolute atomic E-state index is 0.0251. The molecule has 2 aromatic carbocycles. The molecule has 1 heterocycles. The van der Waals surface area contributed by atoms with Crippen LogP contribution >= 0.6 is 0 Å². The zero-order valence-corrected chi connectivity index (χ0v) is 17.2. The number of benzene rings is 2. The van der Waals surface area contributed by atoms with Gasteiger partial charge in [0.1, 0.15) is 0 Å². The van der Waals surface area contributed by atoms with Gasteiger partial charge < -0.3 is 14.7 Å². The molecule has 0 bridgehead atoms. The van der Waals surface area contributed by atoms with Crippen molar-refractivity contribution in [1.82, 2.24) is 9.80 Å². The molecule has 2 amide bonds. The fourth-order valence-corrected chi connectivity index (χ4v) is 3.41. The third-order valence-electron chi connectivity index (χ3n) is 5.29. The summed E-state index contributed by atoms with van der Waals surface area (Å²) in [7, 11) is 3.92.